The average molecular weight is 515 g/mol. The van der Waals surface area contributed by atoms with Gasteiger partial charge in [-0.25, -0.2) is 0 Å². The van der Waals surface area contributed by atoms with Crippen molar-refractivity contribution in [2.24, 2.45) is 0 Å². The second kappa shape index (κ2) is 30.6. The van der Waals surface area contributed by atoms with Gasteiger partial charge < -0.3 is 19.3 Å². The van der Waals surface area contributed by atoms with E-state index < -0.39 is 0 Å². The van der Waals surface area contributed by atoms with Gasteiger partial charge >= 0.3 is 5.97 Å². The van der Waals surface area contributed by atoms with Crippen molar-refractivity contribution in [2.45, 2.75) is 161 Å². The minimum atomic E-state index is -0.183. The van der Waals surface area contributed by atoms with E-state index in [0.717, 1.165) is 38.9 Å². The molecular weight excluding hydrogens is 452 g/mol. The summed E-state index contributed by atoms with van der Waals surface area (Å²) in [5, 5.41) is 9.52. The number of aliphatic hydroxyl groups is 1. The molecule has 0 aliphatic heterocycles. The maximum absolute atomic E-state index is 11.0. The first-order valence-electron chi connectivity index (χ1n) is 15.6. The molecule has 1 N–H and O–H groups in total. The summed E-state index contributed by atoms with van der Waals surface area (Å²) in [5.74, 6) is -0.0985. The summed E-state index contributed by atoms with van der Waals surface area (Å²) >= 11 is 0. The molecule has 1 unspecified atom stereocenters. The Hall–Kier alpha value is -0.650. The fourth-order valence-electron chi connectivity index (χ4n) is 4.55. The van der Waals surface area contributed by atoms with Gasteiger partial charge in [-0.3, -0.25) is 4.79 Å². The van der Waals surface area contributed by atoms with Crippen molar-refractivity contribution in [1.82, 2.24) is 0 Å². The van der Waals surface area contributed by atoms with E-state index in [-0.39, 0.29) is 18.7 Å². The summed E-state index contributed by atoms with van der Waals surface area (Å²) in [6.45, 7) is 4.29. The zero-order valence-corrected chi connectivity index (χ0v) is 24.2. The van der Waals surface area contributed by atoms with Gasteiger partial charge in [0.2, 0.25) is 0 Å². The van der Waals surface area contributed by atoms with E-state index in [9.17, 15) is 9.90 Å². The Bertz CT molecular complexity index is 429. The van der Waals surface area contributed by atoms with Crippen molar-refractivity contribution in [3.63, 3.8) is 0 Å². The maximum Gasteiger partial charge on any atom is 0.305 e. The normalized spacial score (nSPS) is 12.2. The van der Waals surface area contributed by atoms with E-state index in [4.69, 9.17) is 9.47 Å². The Morgan fingerprint density at radius 2 is 1.03 bits per heavy atom. The van der Waals surface area contributed by atoms with Crippen LogP contribution in [-0.2, 0) is 19.0 Å². The smallest absolute Gasteiger partial charge is 0.305 e. The highest BCUT2D eigenvalue weighted by molar-refractivity contribution is 5.68. The molecule has 0 bridgehead atoms. The highest BCUT2D eigenvalue weighted by atomic mass is 16.5. The number of methoxy groups -OCH3 is 1. The lowest BCUT2D eigenvalue weighted by atomic mass is 10.0. The Labute approximate surface area is 224 Å². The molecule has 0 heterocycles. The van der Waals surface area contributed by atoms with Crippen LogP contribution in [0, 0.1) is 0 Å². The number of aliphatic hydroxyl groups excluding tert-OH is 1. The molecule has 216 valence electrons. The number of carbonyl (C=O) groups is 1. The van der Waals surface area contributed by atoms with Gasteiger partial charge in [-0.05, 0) is 19.3 Å². The van der Waals surface area contributed by atoms with Crippen molar-refractivity contribution in [3.05, 3.63) is 0 Å². The van der Waals surface area contributed by atoms with Gasteiger partial charge in [0.25, 0.3) is 0 Å². The van der Waals surface area contributed by atoms with Crippen LogP contribution in [0.3, 0.4) is 0 Å². The van der Waals surface area contributed by atoms with Crippen molar-refractivity contribution >= 4 is 5.97 Å². The number of rotatable bonds is 30. The number of ether oxygens (including phenoxy) is 3. The van der Waals surface area contributed by atoms with Gasteiger partial charge in [-0.15, -0.1) is 0 Å². The van der Waals surface area contributed by atoms with Crippen molar-refractivity contribution in [3.8, 4) is 0 Å². The SMILES string of the molecule is CCCCCCCCCCCCCCCCOC(CO)COCCCCCCCCCCC(=O)OC. The van der Waals surface area contributed by atoms with E-state index in [2.05, 4.69) is 11.7 Å². The Kier molecular flexibility index (Phi) is 30.0. The molecule has 5 heteroatoms. The van der Waals surface area contributed by atoms with Crippen LogP contribution >= 0.6 is 0 Å². The van der Waals surface area contributed by atoms with E-state index in [1.54, 1.807) is 0 Å². The van der Waals surface area contributed by atoms with Gasteiger partial charge in [0.05, 0.1) is 20.3 Å². The minimum Gasteiger partial charge on any atom is -0.469 e. The molecule has 0 saturated heterocycles. The molecule has 0 radical (unpaired) electrons. The summed E-state index contributed by atoms with van der Waals surface area (Å²) in [4.78, 5) is 11.0. The third-order valence-electron chi connectivity index (χ3n) is 7.01. The number of esters is 1. The lowest BCUT2D eigenvalue weighted by Crippen LogP contribution is -2.24. The standard InChI is InChI=1S/C31H62O5/c1-3-4-5-6-7-8-9-10-11-12-14-18-21-24-27-36-30(28-32)29-35-26-23-20-17-15-13-16-19-22-25-31(33)34-2/h30,32H,3-29H2,1-2H3. The van der Waals surface area contributed by atoms with Crippen molar-refractivity contribution in [1.29, 1.82) is 0 Å². The van der Waals surface area contributed by atoms with E-state index in [0.29, 0.717) is 13.0 Å². The summed E-state index contributed by atoms with van der Waals surface area (Å²) in [7, 11) is 1.45. The quantitative estimate of drug-likeness (QED) is 0.0768. The average Bonchev–Trinajstić information content (AvgIpc) is 2.89. The van der Waals surface area contributed by atoms with Crippen LogP contribution in [0.15, 0.2) is 0 Å². The molecule has 0 aliphatic carbocycles. The molecule has 0 aromatic rings. The Balaban J connectivity index is 3.28. The lowest BCUT2D eigenvalue weighted by molar-refractivity contribution is -0.140. The Morgan fingerprint density at radius 1 is 0.611 bits per heavy atom. The fourth-order valence-corrected chi connectivity index (χ4v) is 4.55. The molecule has 0 aliphatic rings. The Morgan fingerprint density at radius 3 is 1.47 bits per heavy atom. The van der Waals surface area contributed by atoms with Gasteiger partial charge in [0, 0.05) is 19.6 Å². The minimum absolute atomic E-state index is 0.0363. The van der Waals surface area contributed by atoms with E-state index >= 15 is 0 Å². The van der Waals surface area contributed by atoms with Gasteiger partial charge in [0.1, 0.15) is 6.10 Å². The van der Waals surface area contributed by atoms with Crippen molar-refractivity contribution in [2.75, 3.05) is 33.5 Å². The van der Waals surface area contributed by atoms with E-state index in [1.807, 2.05) is 0 Å². The fraction of sp³-hybridized carbons (Fsp3) is 0.968. The van der Waals surface area contributed by atoms with Crippen LogP contribution in [-0.4, -0.2) is 50.7 Å². The first kappa shape index (κ1) is 35.4. The number of hydrogen-bond acceptors (Lipinski definition) is 5. The van der Waals surface area contributed by atoms with Gasteiger partial charge in [0.15, 0.2) is 0 Å². The maximum atomic E-state index is 11.0. The predicted molar refractivity (Wildman–Crippen MR) is 152 cm³/mol. The molecule has 0 spiro atoms. The van der Waals surface area contributed by atoms with Crippen LogP contribution in [0.1, 0.15) is 155 Å². The topological polar surface area (TPSA) is 65.0 Å². The van der Waals surface area contributed by atoms with Crippen molar-refractivity contribution < 1.29 is 24.1 Å². The molecule has 1 atom stereocenters. The molecule has 0 rings (SSSR count). The monoisotopic (exact) mass is 514 g/mol. The van der Waals surface area contributed by atoms with Crippen LogP contribution in [0.25, 0.3) is 0 Å². The largest absolute Gasteiger partial charge is 0.469 e. The molecule has 5 nitrogen and oxygen atoms in total. The third kappa shape index (κ3) is 27.9. The highest BCUT2D eigenvalue weighted by Gasteiger charge is 2.07. The molecule has 0 aromatic heterocycles. The molecule has 0 amide bonds. The van der Waals surface area contributed by atoms with Crippen LogP contribution in [0.2, 0.25) is 0 Å². The summed E-state index contributed by atoms with van der Waals surface area (Å²) < 4.78 is 16.2. The predicted octanol–water partition coefficient (Wildman–Crippen LogP) is 8.55. The molecule has 0 saturated carbocycles. The van der Waals surface area contributed by atoms with E-state index in [1.165, 1.54) is 123 Å². The van der Waals surface area contributed by atoms with Gasteiger partial charge in [-0.2, -0.15) is 0 Å². The molecule has 0 aromatic carbocycles. The van der Waals surface area contributed by atoms with Crippen LogP contribution < -0.4 is 0 Å². The van der Waals surface area contributed by atoms with Crippen LogP contribution in [0.5, 0.6) is 0 Å². The summed E-state index contributed by atoms with van der Waals surface area (Å²) in [6, 6.07) is 0. The molecular formula is C31H62O5. The number of unbranched alkanes of at least 4 members (excludes halogenated alkanes) is 20. The second-order valence-electron chi connectivity index (χ2n) is 10.5. The lowest BCUT2D eigenvalue weighted by Gasteiger charge is -2.15. The zero-order chi connectivity index (χ0) is 26.4. The first-order chi connectivity index (χ1) is 17.7. The second-order valence-corrected chi connectivity index (χ2v) is 10.5. The molecule has 36 heavy (non-hydrogen) atoms. The summed E-state index contributed by atoms with van der Waals surface area (Å²) in [6.07, 6.45) is 28.6. The van der Waals surface area contributed by atoms with Crippen LogP contribution in [0.4, 0.5) is 0 Å². The zero-order valence-electron chi connectivity index (χ0n) is 24.2. The van der Waals surface area contributed by atoms with Gasteiger partial charge in [-0.1, -0.05) is 129 Å². The summed E-state index contributed by atoms with van der Waals surface area (Å²) in [5.41, 5.74) is 0. The molecule has 0 fully saturated rings. The number of hydrogen-bond donors (Lipinski definition) is 1. The number of carbonyl (C=O) groups excluding carboxylic acids is 1. The first-order valence-corrected chi connectivity index (χ1v) is 15.6. The third-order valence-corrected chi connectivity index (χ3v) is 7.01. The highest BCUT2D eigenvalue weighted by Crippen LogP contribution is 2.13.